The highest BCUT2D eigenvalue weighted by atomic mass is 35.5. The Kier molecular flexibility index (Phi) is 3.66. The smallest absolute Gasteiger partial charge is 0.230 e. The molecular weight excluding hydrogens is 238 g/mol. The molecule has 17 heavy (non-hydrogen) atoms. The lowest BCUT2D eigenvalue weighted by Gasteiger charge is -2.15. The first-order chi connectivity index (χ1) is 8.04. The molecule has 0 spiro atoms. The van der Waals surface area contributed by atoms with Crippen molar-refractivity contribution in [1.29, 1.82) is 0 Å². The third-order valence-electron chi connectivity index (χ3n) is 2.76. The van der Waals surface area contributed by atoms with Gasteiger partial charge in [-0.1, -0.05) is 12.8 Å². The van der Waals surface area contributed by atoms with Crippen LogP contribution in [-0.4, -0.2) is 35.1 Å². The highest BCUT2D eigenvalue weighted by molar-refractivity contribution is 6.28. The number of anilines is 2. The fourth-order valence-electron chi connectivity index (χ4n) is 1.74. The molecule has 1 heterocycles. The maximum Gasteiger partial charge on any atom is 0.230 e. The summed E-state index contributed by atoms with van der Waals surface area (Å²) in [6.45, 7) is 2.14. The van der Waals surface area contributed by atoms with Crippen LogP contribution in [0.1, 0.15) is 26.2 Å². The molecule has 2 rings (SSSR count). The third kappa shape index (κ3) is 3.70. The van der Waals surface area contributed by atoms with E-state index < -0.39 is 0 Å². The van der Waals surface area contributed by atoms with E-state index in [-0.39, 0.29) is 5.28 Å². The summed E-state index contributed by atoms with van der Waals surface area (Å²) in [6.07, 6.45) is 3.88. The zero-order chi connectivity index (χ0) is 12.4. The topological polar surface area (TPSA) is 53.9 Å². The molecule has 0 amide bonds. The molecule has 0 aliphatic heterocycles. The maximum absolute atomic E-state index is 5.87. The number of hydrogen-bond acceptors (Lipinski definition) is 5. The highest BCUT2D eigenvalue weighted by Crippen LogP contribution is 2.33. The van der Waals surface area contributed by atoms with Gasteiger partial charge in [0.25, 0.3) is 0 Å². The van der Waals surface area contributed by atoms with Crippen LogP contribution in [0.15, 0.2) is 0 Å². The lowest BCUT2D eigenvalue weighted by Crippen LogP contribution is -2.20. The normalized spacial score (nSPS) is 16.7. The quantitative estimate of drug-likeness (QED) is 0.874. The monoisotopic (exact) mass is 255 g/mol. The van der Waals surface area contributed by atoms with E-state index in [0.717, 1.165) is 5.92 Å². The Hall–Kier alpha value is -1.10. The Morgan fingerprint density at radius 3 is 2.65 bits per heavy atom. The van der Waals surface area contributed by atoms with E-state index in [9.17, 15) is 0 Å². The van der Waals surface area contributed by atoms with E-state index in [0.29, 0.717) is 17.9 Å². The van der Waals surface area contributed by atoms with E-state index in [1.807, 2.05) is 19.0 Å². The van der Waals surface area contributed by atoms with E-state index in [1.54, 1.807) is 0 Å². The van der Waals surface area contributed by atoms with Crippen LogP contribution < -0.4 is 10.2 Å². The fourth-order valence-corrected chi connectivity index (χ4v) is 1.89. The summed E-state index contributed by atoms with van der Waals surface area (Å²) in [4.78, 5) is 14.3. The number of aromatic nitrogens is 3. The van der Waals surface area contributed by atoms with E-state index in [4.69, 9.17) is 11.6 Å². The first-order valence-electron chi connectivity index (χ1n) is 5.90. The highest BCUT2D eigenvalue weighted by Gasteiger charge is 2.23. The van der Waals surface area contributed by atoms with Gasteiger partial charge < -0.3 is 10.2 Å². The Morgan fingerprint density at radius 2 is 2.06 bits per heavy atom. The largest absolute Gasteiger partial charge is 0.352 e. The second kappa shape index (κ2) is 5.04. The summed E-state index contributed by atoms with van der Waals surface area (Å²) in [5, 5.41) is 3.50. The molecule has 1 fully saturated rings. The standard InChI is InChI=1S/C11H18ClN5/c1-7(6-8-4-5-8)13-10-14-9(12)15-11(16-10)17(2)3/h7-8H,4-6H2,1-3H3,(H,13,14,15,16). The van der Waals surface area contributed by atoms with Gasteiger partial charge in [-0.15, -0.1) is 0 Å². The molecule has 1 N–H and O–H groups in total. The van der Waals surface area contributed by atoms with Crippen molar-refractivity contribution in [1.82, 2.24) is 15.0 Å². The Labute approximate surface area is 107 Å². The summed E-state index contributed by atoms with van der Waals surface area (Å²) in [6, 6.07) is 0.371. The average Bonchev–Trinajstić information content (AvgIpc) is 3.00. The van der Waals surface area contributed by atoms with Crippen molar-refractivity contribution in [2.45, 2.75) is 32.2 Å². The van der Waals surface area contributed by atoms with Gasteiger partial charge in [0, 0.05) is 20.1 Å². The zero-order valence-corrected chi connectivity index (χ0v) is 11.2. The Balaban J connectivity index is 2.03. The molecule has 0 aromatic carbocycles. The molecule has 1 aromatic rings. The minimum absolute atomic E-state index is 0.227. The van der Waals surface area contributed by atoms with Gasteiger partial charge in [0.15, 0.2) is 0 Å². The predicted octanol–water partition coefficient (Wildman–Crippen LogP) is 2.19. The number of nitrogens with one attached hydrogen (secondary N) is 1. The van der Waals surface area contributed by atoms with Gasteiger partial charge >= 0.3 is 0 Å². The maximum atomic E-state index is 5.87. The van der Waals surface area contributed by atoms with Crippen molar-refractivity contribution in [3.05, 3.63) is 5.28 Å². The number of hydrogen-bond donors (Lipinski definition) is 1. The lowest BCUT2D eigenvalue weighted by molar-refractivity contribution is 0.637. The van der Waals surface area contributed by atoms with Crippen LogP contribution in [0.2, 0.25) is 5.28 Å². The van der Waals surface area contributed by atoms with Gasteiger partial charge in [0.05, 0.1) is 0 Å². The van der Waals surface area contributed by atoms with Crippen molar-refractivity contribution < 1.29 is 0 Å². The van der Waals surface area contributed by atoms with Crippen molar-refractivity contribution in [2.24, 2.45) is 5.92 Å². The molecule has 1 aromatic heterocycles. The average molecular weight is 256 g/mol. The molecular formula is C11H18ClN5. The van der Waals surface area contributed by atoms with Crippen molar-refractivity contribution in [3.63, 3.8) is 0 Å². The van der Waals surface area contributed by atoms with Gasteiger partial charge in [0.1, 0.15) is 0 Å². The van der Waals surface area contributed by atoms with Crippen molar-refractivity contribution in [2.75, 3.05) is 24.3 Å². The summed E-state index contributed by atoms with van der Waals surface area (Å²) >= 11 is 5.87. The Bertz CT molecular complexity index is 391. The summed E-state index contributed by atoms with van der Waals surface area (Å²) in [5.74, 6) is 2.01. The molecule has 1 atom stereocenters. The second-order valence-electron chi connectivity index (χ2n) is 4.85. The van der Waals surface area contributed by atoms with Crippen LogP contribution in [-0.2, 0) is 0 Å². The van der Waals surface area contributed by atoms with E-state index in [1.165, 1.54) is 19.3 Å². The molecule has 5 nitrogen and oxygen atoms in total. The van der Waals surface area contributed by atoms with Crippen molar-refractivity contribution >= 4 is 23.5 Å². The molecule has 0 bridgehead atoms. The van der Waals surface area contributed by atoms with Gasteiger partial charge in [0.2, 0.25) is 17.2 Å². The minimum Gasteiger partial charge on any atom is -0.352 e. The second-order valence-corrected chi connectivity index (χ2v) is 5.18. The fraction of sp³-hybridized carbons (Fsp3) is 0.727. The van der Waals surface area contributed by atoms with Crippen LogP contribution in [0.4, 0.5) is 11.9 Å². The minimum atomic E-state index is 0.227. The SMILES string of the molecule is CC(CC1CC1)Nc1nc(Cl)nc(N(C)C)n1. The molecule has 0 radical (unpaired) electrons. The van der Waals surface area contributed by atoms with Crippen LogP contribution in [0.5, 0.6) is 0 Å². The number of nitrogens with zero attached hydrogens (tertiary/aromatic N) is 4. The molecule has 6 heteroatoms. The summed E-state index contributed by atoms with van der Waals surface area (Å²) in [7, 11) is 3.76. The van der Waals surface area contributed by atoms with Gasteiger partial charge in [-0.2, -0.15) is 15.0 Å². The van der Waals surface area contributed by atoms with Gasteiger partial charge in [-0.25, -0.2) is 0 Å². The predicted molar refractivity (Wildman–Crippen MR) is 69.6 cm³/mol. The summed E-state index contributed by atoms with van der Waals surface area (Å²) in [5.41, 5.74) is 0. The zero-order valence-electron chi connectivity index (χ0n) is 10.4. The Morgan fingerprint density at radius 1 is 1.35 bits per heavy atom. The number of halogens is 1. The number of rotatable bonds is 5. The van der Waals surface area contributed by atoms with Crippen LogP contribution in [0, 0.1) is 5.92 Å². The molecule has 1 aliphatic rings. The van der Waals surface area contributed by atoms with Crippen molar-refractivity contribution in [3.8, 4) is 0 Å². The van der Waals surface area contributed by atoms with Crippen LogP contribution in [0.3, 0.4) is 0 Å². The molecule has 1 unspecified atom stereocenters. The summed E-state index contributed by atoms with van der Waals surface area (Å²) < 4.78 is 0. The molecule has 1 saturated carbocycles. The first kappa shape index (κ1) is 12.4. The first-order valence-corrected chi connectivity index (χ1v) is 6.28. The van der Waals surface area contributed by atoms with Crippen LogP contribution >= 0.6 is 11.6 Å². The molecule has 94 valence electrons. The third-order valence-corrected chi connectivity index (χ3v) is 2.92. The van der Waals surface area contributed by atoms with Crippen LogP contribution in [0.25, 0.3) is 0 Å². The lowest BCUT2D eigenvalue weighted by atomic mass is 10.2. The molecule has 0 saturated heterocycles. The van der Waals surface area contributed by atoms with Gasteiger partial charge in [-0.3, -0.25) is 0 Å². The van der Waals surface area contributed by atoms with Gasteiger partial charge in [-0.05, 0) is 30.9 Å². The molecule has 1 aliphatic carbocycles. The van der Waals surface area contributed by atoms with E-state index in [2.05, 4.69) is 27.2 Å². The van der Waals surface area contributed by atoms with E-state index >= 15 is 0 Å².